The van der Waals surface area contributed by atoms with Gasteiger partial charge in [0.2, 0.25) is 11.9 Å². The number of anilines is 3. The molecule has 2 aliphatic carbocycles. The summed E-state index contributed by atoms with van der Waals surface area (Å²) >= 11 is 0. The van der Waals surface area contributed by atoms with E-state index in [-0.39, 0.29) is 17.5 Å². The number of aliphatic imine (C=N–C) groups is 1. The summed E-state index contributed by atoms with van der Waals surface area (Å²) < 4.78 is 15.5. The molecular weight excluding hydrogens is 493 g/mol. The van der Waals surface area contributed by atoms with Gasteiger partial charge in [-0.3, -0.25) is 14.6 Å². The molecule has 1 amide bonds. The number of nitrogens with zero attached hydrogens (tertiary/aromatic N) is 6. The summed E-state index contributed by atoms with van der Waals surface area (Å²) in [7, 11) is 1.81. The fourth-order valence-electron chi connectivity index (χ4n) is 6.62. The molecule has 4 aromatic rings. The summed E-state index contributed by atoms with van der Waals surface area (Å²) in [5.74, 6) is 2.08. The summed E-state index contributed by atoms with van der Waals surface area (Å²) in [6.07, 6.45) is 3.33. The van der Waals surface area contributed by atoms with Gasteiger partial charge in [-0.15, -0.1) is 0 Å². The maximum absolute atomic E-state index is 13.8. The zero-order valence-electron chi connectivity index (χ0n) is 21.4. The molecule has 3 atom stereocenters. The number of carbonyl (C=O) groups excluding carboxylic acids is 1. The number of pyridine rings is 1. The highest BCUT2D eigenvalue weighted by molar-refractivity contribution is 6.21. The van der Waals surface area contributed by atoms with E-state index in [1.54, 1.807) is 17.0 Å². The number of benzene rings is 2. The first-order chi connectivity index (χ1) is 19.0. The van der Waals surface area contributed by atoms with E-state index in [2.05, 4.69) is 15.2 Å². The van der Waals surface area contributed by atoms with Gasteiger partial charge in [0.05, 0.1) is 23.8 Å². The summed E-state index contributed by atoms with van der Waals surface area (Å²) in [5, 5.41) is 8.55. The Morgan fingerprint density at radius 2 is 1.85 bits per heavy atom. The first-order valence-electron chi connectivity index (χ1n) is 13.3. The van der Waals surface area contributed by atoms with Crippen molar-refractivity contribution in [2.75, 3.05) is 17.3 Å². The molecule has 2 aliphatic heterocycles. The normalized spacial score (nSPS) is 24.2. The molecule has 2 aromatic heterocycles. The number of carbonyl (C=O) groups is 1. The fourth-order valence-corrected chi connectivity index (χ4v) is 6.62. The van der Waals surface area contributed by atoms with Crippen LogP contribution in [0.3, 0.4) is 0 Å². The van der Waals surface area contributed by atoms with Crippen LogP contribution in [-0.4, -0.2) is 50.2 Å². The molecule has 0 saturated heterocycles. The van der Waals surface area contributed by atoms with Crippen LogP contribution < -0.4 is 10.2 Å². The van der Waals surface area contributed by atoms with Crippen LogP contribution in [0, 0.1) is 11.9 Å². The molecule has 8 nitrogen and oxygen atoms in total. The SMILES string of the molecule is CN1C(=O)c2c(nn(Cc3ccc(-c4cccc(F)n4)cc3)c2Nc2ccccc2)N2C1=N[C@@]13CC1CC[C@H]23. The van der Waals surface area contributed by atoms with Gasteiger partial charge in [-0.2, -0.15) is 9.49 Å². The number of hydrogen-bond donors (Lipinski definition) is 1. The number of fused-ring (bicyclic) bond motifs is 4. The predicted octanol–water partition coefficient (Wildman–Crippen LogP) is 5.06. The summed E-state index contributed by atoms with van der Waals surface area (Å²) in [6.45, 7) is 0.453. The number of para-hydroxylation sites is 1. The molecule has 0 radical (unpaired) electrons. The molecule has 1 N–H and O–H groups in total. The molecule has 2 aromatic carbocycles. The van der Waals surface area contributed by atoms with E-state index in [1.165, 1.54) is 12.5 Å². The van der Waals surface area contributed by atoms with Crippen LogP contribution in [-0.2, 0) is 6.54 Å². The van der Waals surface area contributed by atoms with Crippen molar-refractivity contribution in [2.45, 2.75) is 37.4 Å². The lowest BCUT2D eigenvalue weighted by Crippen LogP contribution is -2.51. The van der Waals surface area contributed by atoms with Crippen LogP contribution in [0.1, 0.15) is 35.2 Å². The molecule has 1 spiro atoms. The zero-order chi connectivity index (χ0) is 26.3. The molecule has 194 valence electrons. The molecule has 4 heterocycles. The van der Waals surface area contributed by atoms with Crippen molar-refractivity contribution in [1.29, 1.82) is 0 Å². The van der Waals surface area contributed by atoms with Gasteiger partial charge in [0.1, 0.15) is 11.4 Å². The van der Waals surface area contributed by atoms with Crippen LogP contribution >= 0.6 is 0 Å². The number of nitrogens with one attached hydrogen (secondary N) is 1. The second-order valence-corrected chi connectivity index (χ2v) is 10.9. The monoisotopic (exact) mass is 519 g/mol. The Labute approximate surface area is 224 Å². The van der Waals surface area contributed by atoms with E-state index in [4.69, 9.17) is 10.1 Å². The van der Waals surface area contributed by atoms with Crippen LogP contribution in [0.5, 0.6) is 0 Å². The number of guanidine groups is 1. The summed E-state index contributed by atoms with van der Waals surface area (Å²) in [4.78, 5) is 26.8. The maximum Gasteiger partial charge on any atom is 0.267 e. The van der Waals surface area contributed by atoms with Gasteiger partial charge >= 0.3 is 0 Å². The Kier molecular flexibility index (Phi) is 4.60. The molecule has 4 aliphatic rings. The zero-order valence-corrected chi connectivity index (χ0v) is 21.4. The highest BCUT2D eigenvalue weighted by Crippen LogP contribution is 2.64. The standard InChI is InChI=1S/C30H26FN7O/c1-36-28(39)25-26(32-21-6-3-2-4-7-21)37(17-18-10-12-19(13-11-18)22-8-5-9-24(31)33-22)35-27(25)38-23-15-14-20-16-30(20,23)34-29(36)38/h2-13,20,23,32H,14-17H2,1H3/t20?,23-,30-/m0/s1. The molecule has 9 heteroatoms. The first kappa shape index (κ1) is 22.5. The molecule has 8 rings (SSSR count). The Morgan fingerprint density at radius 3 is 2.62 bits per heavy atom. The van der Waals surface area contributed by atoms with E-state index in [9.17, 15) is 9.18 Å². The third-order valence-electron chi connectivity index (χ3n) is 8.64. The number of aromatic nitrogens is 3. The third-order valence-corrected chi connectivity index (χ3v) is 8.64. The second kappa shape index (κ2) is 7.99. The van der Waals surface area contributed by atoms with Crippen molar-refractivity contribution >= 4 is 29.2 Å². The van der Waals surface area contributed by atoms with Crippen molar-refractivity contribution in [3.05, 3.63) is 89.9 Å². The van der Waals surface area contributed by atoms with E-state index in [1.807, 2.05) is 66.3 Å². The van der Waals surface area contributed by atoms with E-state index >= 15 is 0 Å². The second-order valence-electron chi connectivity index (χ2n) is 10.9. The average Bonchev–Trinajstić information content (AvgIpc) is 3.19. The van der Waals surface area contributed by atoms with Gasteiger partial charge < -0.3 is 5.32 Å². The Balaban J connectivity index is 1.20. The summed E-state index contributed by atoms with van der Waals surface area (Å²) in [5.41, 5.74) is 3.82. The van der Waals surface area contributed by atoms with Gasteiger partial charge in [0.15, 0.2) is 5.82 Å². The minimum absolute atomic E-state index is 0.0525. The van der Waals surface area contributed by atoms with E-state index in [0.29, 0.717) is 35.4 Å². The molecule has 39 heavy (non-hydrogen) atoms. The Hall–Kier alpha value is -4.53. The van der Waals surface area contributed by atoms with Crippen molar-refractivity contribution < 1.29 is 9.18 Å². The van der Waals surface area contributed by atoms with Gasteiger partial charge in [-0.25, -0.2) is 14.7 Å². The van der Waals surface area contributed by atoms with Gasteiger partial charge in [-0.05, 0) is 55.0 Å². The third kappa shape index (κ3) is 3.28. The van der Waals surface area contributed by atoms with Gasteiger partial charge in [0, 0.05) is 18.3 Å². The van der Waals surface area contributed by atoms with E-state index < -0.39 is 5.95 Å². The molecule has 1 unspecified atom stereocenters. The van der Waals surface area contributed by atoms with Crippen LogP contribution in [0.4, 0.5) is 21.7 Å². The number of hydrogen-bond acceptors (Lipinski definition) is 6. The quantitative estimate of drug-likeness (QED) is 0.373. The maximum atomic E-state index is 13.8. The van der Waals surface area contributed by atoms with Gasteiger partial charge in [0.25, 0.3) is 5.91 Å². The molecular formula is C30H26FN7O. The van der Waals surface area contributed by atoms with Crippen LogP contribution in [0.25, 0.3) is 11.3 Å². The number of halogens is 1. The first-order valence-corrected chi connectivity index (χ1v) is 13.3. The topological polar surface area (TPSA) is 78.7 Å². The molecule has 2 saturated carbocycles. The minimum Gasteiger partial charge on any atom is -0.340 e. The lowest BCUT2D eigenvalue weighted by atomic mass is 10.1. The minimum atomic E-state index is -0.503. The number of amides is 1. The fraction of sp³-hybridized carbons (Fsp3) is 0.267. The van der Waals surface area contributed by atoms with Crippen LogP contribution in [0.15, 0.2) is 77.8 Å². The molecule has 0 bridgehead atoms. The van der Waals surface area contributed by atoms with E-state index in [0.717, 1.165) is 35.6 Å². The largest absolute Gasteiger partial charge is 0.340 e. The van der Waals surface area contributed by atoms with Crippen molar-refractivity contribution in [1.82, 2.24) is 19.7 Å². The predicted molar refractivity (Wildman–Crippen MR) is 147 cm³/mol. The number of rotatable bonds is 5. The van der Waals surface area contributed by atoms with Crippen molar-refractivity contribution in [2.24, 2.45) is 10.9 Å². The van der Waals surface area contributed by atoms with Crippen molar-refractivity contribution in [3.8, 4) is 11.3 Å². The van der Waals surface area contributed by atoms with Gasteiger partial charge in [-0.1, -0.05) is 48.5 Å². The summed E-state index contributed by atoms with van der Waals surface area (Å²) in [6, 6.07) is 22.7. The Morgan fingerprint density at radius 1 is 1.03 bits per heavy atom. The lowest BCUT2D eigenvalue weighted by molar-refractivity contribution is 0.0866. The molecule has 2 fully saturated rings. The lowest BCUT2D eigenvalue weighted by Gasteiger charge is -2.34. The highest BCUT2D eigenvalue weighted by atomic mass is 19.1. The highest BCUT2D eigenvalue weighted by Gasteiger charge is 2.70. The Bertz CT molecular complexity index is 1660. The van der Waals surface area contributed by atoms with Crippen molar-refractivity contribution in [3.63, 3.8) is 0 Å². The smallest absolute Gasteiger partial charge is 0.267 e. The average molecular weight is 520 g/mol. The van der Waals surface area contributed by atoms with Crippen LogP contribution in [0.2, 0.25) is 0 Å².